The number of halogens is 1. The summed E-state index contributed by atoms with van der Waals surface area (Å²) in [6.45, 7) is 5.63. The Hall–Kier alpha value is -0.810. The maximum atomic E-state index is 5.95. The summed E-state index contributed by atoms with van der Waals surface area (Å²) in [5.41, 5.74) is 0. The Morgan fingerprint density at radius 3 is 2.91 bits per heavy atom. The molecule has 2 N–H and O–H groups in total. The van der Waals surface area contributed by atoms with Crippen LogP contribution in [0.15, 0.2) is 24.3 Å². The summed E-state index contributed by atoms with van der Waals surface area (Å²) in [5.74, 6) is 1.53. The SMILES string of the molecule is CC(CNC1CCCC1C1COCCN1)Oc1ccc(Cl)cc1. The first-order chi connectivity index (χ1) is 11.2. The van der Waals surface area contributed by atoms with E-state index < -0.39 is 0 Å². The quantitative estimate of drug-likeness (QED) is 0.837. The summed E-state index contributed by atoms with van der Waals surface area (Å²) < 4.78 is 11.6. The van der Waals surface area contributed by atoms with Gasteiger partial charge in [0.05, 0.1) is 13.2 Å². The summed E-state index contributed by atoms with van der Waals surface area (Å²) in [5, 5.41) is 8.06. The van der Waals surface area contributed by atoms with E-state index in [1.54, 1.807) is 0 Å². The summed E-state index contributed by atoms with van der Waals surface area (Å²) in [6.07, 6.45) is 3.96. The molecule has 4 unspecified atom stereocenters. The first-order valence-corrected chi connectivity index (χ1v) is 9.07. The Morgan fingerprint density at radius 2 is 2.17 bits per heavy atom. The van der Waals surface area contributed by atoms with Gasteiger partial charge in [-0.2, -0.15) is 0 Å². The highest BCUT2D eigenvalue weighted by Gasteiger charge is 2.34. The fraction of sp³-hybridized carbons (Fsp3) is 0.667. The molecular weight excluding hydrogens is 312 g/mol. The molecule has 1 saturated heterocycles. The largest absolute Gasteiger partial charge is 0.489 e. The predicted molar refractivity (Wildman–Crippen MR) is 93.3 cm³/mol. The topological polar surface area (TPSA) is 42.5 Å². The van der Waals surface area contributed by atoms with Gasteiger partial charge in [-0.1, -0.05) is 18.0 Å². The third kappa shape index (κ3) is 4.83. The normalized spacial score (nSPS) is 29.4. The molecule has 2 fully saturated rings. The van der Waals surface area contributed by atoms with Crippen LogP contribution in [0, 0.1) is 5.92 Å². The van der Waals surface area contributed by atoms with Gasteiger partial charge in [-0.05, 0) is 49.9 Å². The number of hydrogen-bond acceptors (Lipinski definition) is 4. The Kier molecular flexibility index (Phi) is 6.17. The molecule has 0 bridgehead atoms. The van der Waals surface area contributed by atoms with Crippen LogP contribution in [0.5, 0.6) is 5.75 Å². The predicted octanol–water partition coefficient (Wildman–Crippen LogP) is 2.85. The molecular formula is C18H27ClN2O2. The number of benzene rings is 1. The van der Waals surface area contributed by atoms with Gasteiger partial charge in [0.25, 0.3) is 0 Å². The van der Waals surface area contributed by atoms with E-state index in [0.29, 0.717) is 18.0 Å². The molecule has 5 heteroatoms. The van der Waals surface area contributed by atoms with Crippen LogP contribution in [0.2, 0.25) is 5.02 Å². The third-order valence-electron chi connectivity index (χ3n) is 4.85. The lowest BCUT2D eigenvalue weighted by molar-refractivity contribution is 0.0518. The van der Waals surface area contributed by atoms with Crippen molar-refractivity contribution in [2.45, 2.75) is 44.4 Å². The summed E-state index contributed by atoms with van der Waals surface area (Å²) >= 11 is 5.90. The first kappa shape index (κ1) is 17.0. The minimum atomic E-state index is 0.132. The van der Waals surface area contributed by atoms with Crippen molar-refractivity contribution >= 4 is 11.6 Å². The summed E-state index contributed by atoms with van der Waals surface area (Å²) in [7, 11) is 0. The Morgan fingerprint density at radius 1 is 1.35 bits per heavy atom. The second-order valence-corrected chi connectivity index (χ2v) is 7.06. The number of morpholine rings is 1. The van der Waals surface area contributed by atoms with Crippen LogP contribution in [0.25, 0.3) is 0 Å². The second kappa shape index (κ2) is 8.34. The van der Waals surface area contributed by atoms with Crippen molar-refractivity contribution < 1.29 is 9.47 Å². The lowest BCUT2D eigenvalue weighted by Crippen LogP contribution is -2.51. The molecule has 0 radical (unpaired) electrons. The molecule has 0 amide bonds. The lowest BCUT2D eigenvalue weighted by Gasteiger charge is -2.33. The smallest absolute Gasteiger partial charge is 0.119 e. The number of nitrogens with one attached hydrogen (secondary N) is 2. The van der Waals surface area contributed by atoms with Crippen LogP contribution in [0.1, 0.15) is 26.2 Å². The minimum absolute atomic E-state index is 0.132. The molecule has 3 rings (SSSR count). The van der Waals surface area contributed by atoms with Gasteiger partial charge in [-0.15, -0.1) is 0 Å². The van der Waals surface area contributed by atoms with E-state index in [9.17, 15) is 0 Å². The van der Waals surface area contributed by atoms with Gasteiger partial charge in [0, 0.05) is 30.2 Å². The number of hydrogen-bond donors (Lipinski definition) is 2. The average molecular weight is 339 g/mol. The van der Waals surface area contributed by atoms with Crippen LogP contribution >= 0.6 is 11.6 Å². The fourth-order valence-electron chi connectivity index (χ4n) is 3.69. The van der Waals surface area contributed by atoms with Crippen LogP contribution in [0.4, 0.5) is 0 Å². The molecule has 0 spiro atoms. The molecule has 4 atom stereocenters. The molecule has 23 heavy (non-hydrogen) atoms. The van der Waals surface area contributed by atoms with Gasteiger partial charge < -0.3 is 20.1 Å². The molecule has 1 aliphatic heterocycles. The van der Waals surface area contributed by atoms with Crippen molar-refractivity contribution in [3.05, 3.63) is 29.3 Å². The van der Waals surface area contributed by atoms with Crippen LogP contribution in [-0.2, 0) is 4.74 Å². The molecule has 1 aliphatic carbocycles. The zero-order valence-electron chi connectivity index (χ0n) is 13.8. The Balaban J connectivity index is 1.45. The van der Waals surface area contributed by atoms with Crippen LogP contribution in [0.3, 0.4) is 0 Å². The molecule has 0 aromatic heterocycles. The summed E-state index contributed by atoms with van der Waals surface area (Å²) in [4.78, 5) is 0. The highest BCUT2D eigenvalue weighted by Crippen LogP contribution is 2.29. The fourth-order valence-corrected chi connectivity index (χ4v) is 3.81. The second-order valence-electron chi connectivity index (χ2n) is 6.63. The van der Waals surface area contributed by atoms with E-state index in [1.807, 2.05) is 24.3 Å². The third-order valence-corrected chi connectivity index (χ3v) is 5.11. The molecule has 1 saturated carbocycles. The van der Waals surface area contributed by atoms with Crippen molar-refractivity contribution in [2.24, 2.45) is 5.92 Å². The molecule has 1 heterocycles. The average Bonchev–Trinajstić information content (AvgIpc) is 3.04. The molecule has 2 aliphatic rings. The molecule has 1 aromatic carbocycles. The first-order valence-electron chi connectivity index (χ1n) is 8.69. The van der Waals surface area contributed by atoms with Crippen molar-refractivity contribution in [1.29, 1.82) is 0 Å². The minimum Gasteiger partial charge on any atom is -0.489 e. The lowest BCUT2D eigenvalue weighted by atomic mass is 9.94. The van der Waals surface area contributed by atoms with E-state index in [4.69, 9.17) is 21.1 Å². The molecule has 128 valence electrons. The Bertz CT molecular complexity index is 476. The van der Waals surface area contributed by atoms with E-state index in [2.05, 4.69) is 17.6 Å². The van der Waals surface area contributed by atoms with E-state index >= 15 is 0 Å². The maximum Gasteiger partial charge on any atom is 0.119 e. The van der Waals surface area contributed by atoms with Gasteiger partial charge in [0.15, 0.2) is 0 Å². The van der Waals surface area contributed by atoms with E-state index in [1.165, 1.54) is 19.3 Å². The maximum absolute atomic E-state index is 5.95. The van der Waals surface area contributed by atoms with Gasteiger partial charge in [-0.3, -0.25) is 0 Å². The number of ether oxygens (including phenoxy) is 2. The van der Waals surface area contributed by atoms with Gasteiger partial charge >= 0.3 is 0 Å². The van der Waals surface area contributed by atoms with Crippen LogP contribution in [-0.4, -0.2) is 44.5 Å². The van der Waals surface area contributed by atoms with Crippen molar-refractivity contribution in [1.82, 2.24) is 10.6 Å². The summed E-state index contributed by atoms with van der Waals surface area (Å²) in [6, 6.07) is 8.61. The van der Waals surface area contributed by atoms with Crippen LogP contribution < -0.4 is 15.4 Å². The zero-order valence-corrected chi connectivity index (χ0v) is 14.5. The molecule has 1 aromatic rings. The molecule has 4 nitrogen and oxygen atoms in total. The van der Waals surface area contributed by atoms with E-state index in [0.717, 1.165) is 37.1 Å². The van der Waals surface area contributed by atoms with Gasteiger partial charge in [0.2, 0.25) is 0 Å². The monoisotopic (exact) mass is 338 g/mol. The number of rotatable bonds is 6. The Labute approximate surface area is 143 Å². The highest BCUT2D eigenvalue weighted by atomic mass is 35.5. The standard InChI is InChI=1S/C18H27ClN2O2/c1-13(23-15-7-5-14(19)6-8-15)11-21-17-4-2-3-16(17)18-12-22-10-9-20-18/h5-8,13,16-18,20-21H,2-4,9-12H2,1H3. The van der Waals surface area contributed by atoms with Gasteiger partial charge in [-0.25, -0.2) is 0 Å². The van der Waals surface area contributed by atoms with Crippen molar-refractivity contribution in [3.63, 3.8) is 0 Å². The zero-order chi connectivity index (χ0) is 16.1. The van der Waals surface area contributed by atoms with Crippen molar-refractivity contribution in [2.75, 3.05) is 26.3 Å². The van der Waals surface area contributed by atoms with E-state index in [-0.39, 0.29) is 6.10 Å². The van der Waals surface area contributed by atoms with Crippen molar-refractivity contribution in [3.8, 4) is 5.75 Å². The highest BCUT2D eigenvalue weighted by molar-refractivity contribution is 6.30. The van der Waals surface area contributed by atoms with Gasteiger partial charge in [0.1, 0.15) is 11.9 Å².